The third-order valence-electron chi connectivity index (χ3n) is 4.58. The quantitative estimate of drug-likeness (QED) is 0.675. The smallest absolute Gasteiger partial charge is 0.416 e. The SMILES string of the molecule is CC1=C(C=O)CCOc2cc(OCc3ccc(C)cc3C(F)(F)F)ccc21. The molecule has 0 aliphatic carbocycles. The summed E-state index contributed by atoms with van der Waals surface area (Å²) in [7, 11) is 0. The van der Waals surface area contributed by atoms with Gasteiger partial charge in [0, 0.05) is 23.6 Å². The van der Waals surface area contributed by atoms with E-state index in [0.29, 0.717) is 35.7 Å². The Morgan fingerprint density at radius 1 is 1.15 bits per heavy atom. The van der Waals surface area contributed by atoms with Gasteiger partial charge in [-0.2, -0.15) is 13.2 Å². The lowest BCUT2D eigenvalue weighted by atomic mass is 10.0. The predicted octanol–water partition coefficient (Wildman–Crippen LogP) is 5.35. The van der Waals surface area contributed by atoms with Gasteiger partial charge in [0.15, 0.2) is 0 Å². The van der Waals surface area contributed by atoms with E-state index < -0.39 is 11.7 Å². The molecule has 0 saturated carbocycles. The molecule has 0 radical (unpaired) electrons. The summed E-state index contributed by atoms with van der Waals surface area (Å²) < 4.78 is 51.0. The summed E-state index contributed by atoms with van der Waals surface area (Å²) in [6, 6.07) is 9.25. The third kappa shape index (κ3) is 4.15. The molecule has 0 amide bonds. The molecule has 0 atom stereocenters. The highest BCUT2D eigenvalue weighted by molar-refractivity contribution is 5.89. The predicted molar refractivity (Wildman–Crippen MR) is 95.7 cm³/mol. The van der Waals surface area contributed by atoms with Crippen molar-refractivity contribution in [2.24, 2.45) is 0 Å². The van der Waals surface area contributed by atoms with Gasteiger partial charge in [-0.15, -0.1) is 0 Å². The number of hydrogen-bond acceptors (Lipinski definition) is 3. The maximum atomic E-state index is 13.2. The van der Waals surface area contributed by atoms with E-state index in [0.717, 1.165) is 23.5 Å². The summed E-state index contributed by atoms with van der Waals surface area (Å²) in [4.78, 5) is 11.2. The molecule has 3 rings (SSSR count). The summed E-state index contributed by atoms with van der Waals surface area (Å²) in [5.41, 5.74) is 2.22. The van der Waals surface area contributed by atoms with Crippen molar-refractivity contribution >= 4 is 11.9 Å². The minimum Gasteiger partial charge on any atom is -0.492 e. The second-order valence-electron chi connectivity index (χ2n) is 6.47. The number of fused-ring (bicyclic) bond motifs is 1. The number of hydrogen-bond donors (Lipinski definition) is 0. The highest BCUT2D eigenvalue weighted by Crippen LogP contribution is 2.36. The van der Waals surface area contributed by atoms with Gasteiger partial charge >= 0.3 is 6.18 Å². The van der Waals surface area contributed by atoms with Crippen molar-refractivity contribution < 1.29 is 27.4 Å². The highest BCUT2D eigenvalue weighted by atomic mass is 19.4. The minimum atomic E-state index is -4.44. The molecule has 27 heavy (non-hydrogen) atoms. The van der Waals surface area contributed by atoms with Crippen LogP contribution in [0.1, 0.15) is 35.6 Å². The first-order chi connectivity index (χ1) is 12.8. The van der Waals surface area contributed by atoms with E-state index in [-0.39, 0.29) is 12.2 Å². The second-order valence-corrected chi connectivity index (χ2v) is 6.47. The largest absolute Gasteiger partial charge is 0.492 e. The summed E-state index contributed by atoms with van der Waals surface area (Å²) >= 11 is 0. The Morgan fingerprint density at radius 3 is 2.63 bits per heavy atom. The van der Waals surface area contributed by atoms with Crippen molar-refractivity contribution in [2.75, 3.05) is 6.61 Å². The third-order valence-corrected chi connectivity index (χ3v) is 4.58. The Balaban J connectivity index is 1.84. The maximum Gasteiger partial charge on any atom is 0.416 e. The van der Waals surface area contributed by atoms with Gasteiger partial charge in [0.2, 0.25) is 0 Å². The molecule has 142 valence electrons. The van der Waals surface area contributed by atoms with Gasteiger partial charge in [0.1, 0.15) is 24.4 Å². The maximum absolute atomic E-state index is 13.2. The first kappa shape index (κ1) is 19.0. The van der Waals surface area contributed by atoms with Gasteiger partial charge < -0.3 is 9.47 Å². The molecule has 0 saturated heterocycles. The molecule has 2 aromatic rings. The molecule has 3 nitrogen and oxygen atoms in total. The van der Waals surface area contributed by atoms with Crippen molar-refractivity contribution in [2.45, 2.75) is 33.1 Å². The second kappa shape index (κ2) is 7.47. The average Bonchev–Trinajstić information content (AvgIpc) is 2.78. The number of ether oxygens (including phenoxy) is 2. The normalized spacial score (nSPS) is 14.3. The Hall–Kier alpha value is -2.76. The van der Waals surface area contributed by atoms with E-state index >= 15 is 0 Å². The molecule has 2 aromatic carbocycles. The van der Waals surface area contributed by atoms with Crippen LogP contribution in [0.5, 0.6) is 11.5 Å². The van der Waals surface area contributed by atoms with Crippen LogP contribution < -0.4 is 9.47 Å². The molecule has 1 aliphatic rings. The molecule has 0 bridgehead atoms. The number of rotatable bonds is 4. The number of benzene rings is 2. The summed E-state index contributed by atoms with van der Waals surface area (Å²) in [6.45, 7) is 3.62. The monoisotopic (exact) mass is 376 g/mol. The van der Waals surface area contributed by atoms with E-state index in [1.165, 1.54) is 6.07 Å². The van der Waals surface area contributed by atoms with E-state index in [4.69, 9.17) is 9.47 Å². The van der Waals surface area contributed by atoms with Crippen LogP contribution in [0, 0.1) is 6.92 Å². The number of allylic oxidation sites excluding steroid dienone is 1. The number of alkyl halides is 3. The fourth-order valence-corrected chi connectivity index (χ4v) is 3.04. The van der Waals surface area contributed by atoms with Crippen LogP contribution in [0.3, 0.4) is 0 Å². The van der Waals surface area contributed by atoms with Crippen LogP contribution in [0.15, 0.2) is 42.0 Å². The van der Waals surface area contributed by atoms with Crippen molar-refractivity contribution in [1.82, 2.24) is 0 Å². The number of halogens is 3. The van der Waals surface area contributed by atoms with Gasteiger partial charge in [0.25, 0.3) is 0 Å². The van der Waals surface area contributed by atoms with Crippen molar-refractivity contribution in [1.29, 1.82) is 0 Å². The van der Waals surface area contributed by atoms with Gasteiger partial charge in [0.05, 0.1) is 12.2 Å². The number of carbonyl (C=O) groups excluding carboxylic acids is 1. The Bertz CT molecular complexity index is 898. The molecule has 1 heterocycles. The van der Waals surface area contributed by atoms with Gasteiger partial charge in [-0.3, -0.25) is 4.79 Å². The van der Waals surface area contributed by atoms with E-state index in [1.54, 1.807) is 31.2 Å². The lowest BCUT2D eigenvalue weighted by molar-refractivity contribution is -0.138. The van der Waals surface area contributed by atoms with Crippen LogP contribution in [-0.4, -0.2) is 12.9 Å². The fraction of sp³-hybridized carbons (Fsp3) is 0.286. The Morgan fingerprint density at radius 2 is 1.93 bits per heavy atom. The molecule has 0 aromatic heterocycles. The summed E-state index contributed by atoms with van der Waals surface area (Å²) in [5, 5.41) is 0. The highest BCUT2D eigenvalue weighted by Gasteiger charge is 2.33. The molecule has 6 heteroatoms. The number of aldehydes is 1. The van der Waals surface area contributed by atoms with Gasteiger partial charge in [-0.25, -0.2) is 0 Å². The molecule has 0 N–H and O–H groups in total. The van der Waals surface area contributed by atoms with Gasteiger partial charge in [-0.05, 0) is 43.2 Å². The Labute approximate surface area is 155 Å². The molecule has 1 aliphatic heterocycles. The zero-order chi connectivity index (χ0) is 19.6. The molecular weight excluding hydrogens is 357 g/mol. The minimum absolute atomic E-state index is 0.0725. The van der Waals surface area contributed by atoms with Crippen LogP contribution in [0.2, 0.25) is 0 Å². The topological polar surface area (TPSA) is 35.5 Å². The molecule has 0 spiro atoms. The lowest BCUT2D eigenvalue weighted by Gasteiger charge is -2.15. The Kier molecular flexibility index (Phi) is 5.26. The van der Waals surface area contributed by atoms with Crippen LogP contribution >= 0.6 is 0 Å². The summed E-state index contributed by atoms with van der Waals surface area (Å²) in [6.07, 6.45) is -3.10. The standard InChI is InChI=1S/C21H19F3O3/c1-13-3-4-16(19(9-13)21(22,23)24)12-27-17-5-6-18-14(2)15(11-25)7-8-26-20(18)10-17/h3-6,9-11H,7-8,12H2,1-2H3. The van der Waals surface area contributed by atoms with E-state index in [2.05, 4.69) is 0 Å². The first-order valence-electron chi connectivity index (χ1n) is 8.51. The van der Waals surface area contributed by atoms with E-state index in [1.807, 2.05) is 6.92 Å². The van der Waals surface area contributed by atoms with Crippen molar-refractivity contribution in [3.05, 3.63) is 64.2 Å². The van der Waals surface area contributed by atoms with Crippen molar-refractivity contribution in [3.8, 4) is 11.5 Å². The number of carbonyl (C=O) groups is 1. The van der Waals surface area contributed by atoms with E-state index in [9.17, 15) is 18.0 Å². The average molecular weight is 376 g/mol. The van der Waals surface area contributed by atoms with Crippen LogP contribution in [-0.2, 0) is 17.6 Å². The zero-order valence-corrected chi connectivity index (χ0v) is 15.0. The first-order valence-corrected chi connectivity index (χ1v) is 8.51. The molecular formula is C21H19F3O3. The molecule has 0 fully saturated rings. The van der Waals surface area contributed by atoms with Gasteiger partial charge in [-0.1, -0.05) is 17.7 Å². The lowest BCUT2D eigenvalue weighted by Crippen LogP contribution is -2.11. The number of aryl methyl sites for hydroxylation is 1. The molecule has 0 unspecified atom stereocenters. The fourth-order valence-electron chi connectivity index (χ4n) is 3.04. The zero-order valence-electron chi connectivity index (χ0n) is 15.0. The summed E-state index contributed by atoms with van der Waals surface area (Å²) in [5.74, 6) is 0.964. The van der Waals surface area contributed by atoms with Crippen molar-refractivity contribution in [3.63, 3.8) is 0 Å². The van der Waals surface area contributed by atoms with Crippen LogP contribution in [0.25, 0.3) is 5.57 Å². The van der Waals surface area contributed by atoms with Crippen LogP contribution in [0.4, 0.5) is 13.2 Å².